The van der Waals surface area contributed by atoms with E-state index in [1.807, 2.05) is 37.3 Å². The monoisotopic (exact) mass is 306 g/mol. The van der Waals surface area contributed by atoms with Crippen molar-refractivity contribution in [1.82, 2.24) is 0 Å². The van der Waals surface area contributed by atoms with E-state index in [-0.39, 0.29) is 5.97 Å². The zero-order chi connectivity index (χ0) is 16.5. The lowest BCUT2D eigenvalue weighted by atomic mass is 10.0. The van der Waals surface area contributed by atoms with Gasteiger partial charge in [0.15, 0.2) is 0 Å². The molecule has 2 aromatic carbocycles. The largest absolute Gasteiger partial charge is 0.423 e. The molecule has 0 aliphatic carbocycles. The summed E-state index contributed by atoms with van der Waals surface area (Å²) in [7, 11) is 0. The Morgan fingerprint density at radius 3 is 2.13 bits per heavy atom. The van der Waals surface area contributed by atoms with Crippen LogP contribution < -0.4 is 4.74 Å². The highest BCUT2D eigenvalue weighted by Gasteiger charge is 2.02. The first-order valence-electron chi connectivity index (χ1n) is 7.93. The molecule has 2 nitrogen and oxygen atoms in total. The van der Waals surface area contributed by atoms with Crippen molar-refractivity contribution < 1.29 is 9.53 Å². The Bertz CT molecular complexity index is 677. The second kappa shape index (κ2) is 8.74. The lowest BCUT2D eigenvalue weighted by molar-refractivity contribution is -0.128. The molecular formula is C21H22O2. The van der Waals surface area contributed by atoms with E-state index in [9.17, 15) is 4.79 Å². The molecule has 2 rings (SSSR count). The molecule has 0 aliphatic heterocycles. The Balaban J connectivity index is 2.02. The number of aryl methyl sites for hydroxylation is 1. The Morgan fingerprint density at radius 1 is 0.957 bits per heavy atom. The van der Waals surface area contributed by atoms with Crippen molar-refractivity contribution >= 4 is 5.97 Å². The van der Waals surface area contributed by atoms with Crippen LogP contribution in [0.3, 0.4) is 0 Å². The van der Waals surface area contributed by atoms with Gasteiger partial charge in [-0.2, -0.15) is 0 Å². The van der Waals surface area contributed by atoms with E-state index >= 15 is 0 Å². The SMILES string of the molecule is CC=CC=CC(=O)Oc1ccc(-c2ccc(CCC)cc2)cc1. The summed E-state index contributed by atoms with van der Waals surface area (Å²) in [6.45, 7) is 4.07. The highest BCUT2D eigenvalue weighted by atomic mass is 16.5. The minimum absolute atomic E-state index is 0.375. The Morgan fingerprint density at radius 2 is 1.57 bits per heavy atom. The molecule has 0 atom stereocenters. The van der Waals surface area contributed by atoms with Gasteiger partial charge in [0.1, 0.15) is 5.75 Å². The molecule has 118 valence electrons. The van der Waals surface area contributed by atoms with Gasteiger partial charge in [-0.05, 0) is 42.2 Å². The second-order valence-corrected chi connectivity index (χ2v) is 5.28. The van der Waals surface area contributed by atoms with Crippen molar-refractivity contribution in [2.24, 2.45) is 0 Å². The summed E-state index contributed by atoms with van der Waals surface area (Å²) in [6, 6.07) is 16.2. The van der Waals surface area contributed by atoms with Gasteiger partial charge in [-0.15, -0.1) is 0 Å². The van der Waals surface area contributed by atoms with Crippen LogP contribution >= 0.6 is 0 Å². The van der Waals surface area contributed by atoms with Gasteiger partial charge in [-0.25, -0.2) is 4.79 Å². The van der Waals surface area contributed by atoms with Crippen LogP contribution in [0.15, 0.2) is 72.8 Å². The lowest BCUT2D eigenvalue weighted by Crippen LogP contribution is -2.03. The zero-order valence-electron chi connectivity index (χ0n) is 13.7. The van der Waals surface area contributed by atoms with Gasteiger partial charge in [0.25, 0.3) is 0 Å². The van der Waals surface area contributed by atoms with Gasteiger partial charge >= 0.3 is 5.97 Å². The van der Waals surface area contributed by atoms with E-state index in [2.05, 4.69) is 31.2 Å². The third kappa shape index (κ3) is 5.26. The molecule has 0 aliphatic rings. The van der Waals surface area contributed by atoms with Crippen LogP contribution in [0, 0.1) is 0 Å². The summed E-state index contributed by atoms with van der Waals surface area (Å²) in [5, 5.41) is 0. The van der Waals surface area contributed by atoms with Crippen LogP contribution in [0.25, 0.3) is 11.1 Å². The van der Waals surface area contributed by atoms with Gasteiger partial charge in [0.05, 0.1) is 0 Å². The molecule has 0 fully saturated rings. The van der Waals surface area contributed by atoms with Crippen LogP contribution in [0.1, 0.15) is 25.8 Å². The molecule has 0 heterocycles. The smallest absolute Gasteiger partial charge is 0.336 e. The second-order valence-electron chi connectivity index (χ2n) is 5.28. The summed E-state index contributed by atoms with van der Waals surface area (Å²) in [6.07, 6.45) is 8.96. The predicted molar refractivity (Wildman–Crippen MR) is 95.5 cm³/mol. The number of hydrogen-bond donors (Lipinski definition) is 0. The van der Waals surface area contributed by atoms with Crippen molar-refractivity contribution in [2.75, 3.05) is 0 Å². The molecule has 0 saturated carbocycles. The highest BCUT2D eigenvalue weighted by Crippen LogP contribution is 2.23. The molecule has 2 heteroatoms. The fraction of sp³-hybridized carbons (Fsp3) is 0.190. The topological polar surface area (TPSA) is 26.3 Å². The number of allylic oxidation sites excluding steroid dienone is 3. The van der Waals surface area contributed by atoms with E-state index in [4.69, 9.17) is 4.74 Å². The van der Waals surface area contributed by atoms with Crippen LogP contribution in [0.4, 0.5) is 0 Å². The molecule has 0 N–H and O–H groups in total. The average molecular weight is 306 g/mol. The van der Waals surface area contributed by atoms with Gasteiger partial charge < -0.3 is 4.74 Å². The number of carbonyl (C=O) groups excluding carboxylic acids is 1. The molecule has 0 aromatic heterocycles. The van der Waals surface area contributed by atoms with Crippen LogP contribution in [0.5, 0.6) is 5.75 Å². The summed E-state index contributed by atoms with van der Waals surface area (Å²) in [5.41, 5.74) is 3.63. The number of carbonyl (C=O) groups is 1. The first kappa shape index (κ1) is 16.8. The van der Waals surface area contributed by atoms with Crippen LogP contribution in [-0.4, -0.2) is 5.97 Å². The first-order chi connectivity index (χ1) is 11.2. The van der Waals surface area contributed by atoms with Crippen LogP contribution in [0.2, 0.25) is 0 Å². The maximum Gasteiger partial charge on any atom is 0.336 e. The summed E-state index contributed by atoms with van der Waals surface area (Å²) in [4.78, 5) is 11.6. The standard InChI is InChI=1S/C21H22O2/c1-3-5-6-8-21(22)23-20-15-13-19(14-16-20)18-11-9-17(7-4-2)10-12-18/h3,5-6,8-16H,4,7H2,1-2H3. The zero-order valence-corrected chi connectivity index (χ0v) is 13.7. The number of hydrogen-bond acceptors (Lipinski definition) is 2. The number of benzene rings is 2. The van der Waals surface area contributed by atoms with Gasteiger partial charge in [0, 0.05) is 6.08 Å². The third-order valence-corrected chi connectivity index (χ3v) is 3.43. The van der Waals surface area contributed by atoms with E-state index in [0.29, 0.717) is 5.75 Å². The molecule has 0 saturated heterocycles. The molecule has 0 unspecified atom stereocenters. The third-order valence-electron chi connectivity index (χ3n) is 3.43. The fourth-order valence-corrected chi connectivity index (χ4v) is 2.26. The summed E-state index contributed by atoms with van der Waals surface area (Å²) >= 11 is 0. The summed E-state index contributed by atoms with van der Waals surface area (Å²) in [5.74, 6) is 0.172. The van der Waals surface area contributed by atoms with Gasteiger partial charge in [0.2, 0.25) is 0 Å². The van der Waals surface area contributed by atoms with E-state index in [1.54, 1.807) is 12.2 Å². The quantitative estimate of drug-likeness (QED) is 0.311. The van der Waals surface area contributed by atoms with Crippen molar-refractivity contribution in [3.63, 3.8) is 0 Å². The van der Waals surface area contributed by atoms with Gasteiger partial charge in [-0.3, -0.25) is 0 Å². The maximum absolute atomic E-state index is 11.6. The molecule has 0 amide bonds. The van der Waals surface area contributed by atoms with Crippen molar-refractivity contribution in [1.29, 1.82) is 0 Å². The molecule has 0 radical (unpaired) electrons. The highest BCUT2D eigenvalue weighted by molar-refractivity contribution is 5.84. The maximum atomic E-state index is 11.6. The van der Waals surface area contributed by atoms with E-state index in [1.165, 1.54) is 11.6 Å². The minimum Gasteiger partial charge on any atom is -0.423 e. The van der Waals surface area contributed by atoms with Crippen molar-refractivity contribution in [3.8, 4) is 16.9 Å². The Kier molecular flexibility index (Phi) is 6.37. The first-order valence-corrected chi connectivity index (χ1v) is 7.93. The van der Waals surface area contributed by atoms with Crippen molar-refractivity contribution in [3.05, 3.63) is 78.4 Å². The van der Waals surface area contributed by atoms with E-state index in [0.717, 1.165) is 24.0 Å². The number of ether oxygens (including phenoxy) is 1. The molecular weight excluding hydrogens is 284 g/mol. The predicted octanol–water partition coefficient (Wildman–Crippen LogP) is 5.34. The van der Waals surface area contributed by atoms with Crippen molar-refractivity contribution in [2.45, 2.75) is 26.7 Å². The summed E-state index contributed by atoms with van der Waals surface area (Å²) < 4.78 is 5.24. The number of rotatable bonds is 6. The lowest BCUT2D eigenvalue weighted by Gasteiger charge is -2.06. The van der Waals surface area contributed by atoms with Gasteiger partial charge in [-0.1, -0.05) is 68.0 Å². The molecule has 23 heavy (non-hydrogen) atoms. The van der Waals surface area contributed by atoms with E-state index < -0.39 is 0 Å². The Hall–Kier alpha value is -2.61. The molecule has 2 aromatic rings. The average Bonchev–Trinajstić information content (AvgIpc) is 2.57. The molecule has 0 spiro atoms. The molecule has 0 bridgehead atoms. The normalized spacial score (nSPS) is 11.2. The fourth-order valence-electron chi connectivity index (χ4n) is 2.26. The Labute approximate surface area is 138 Å². The minimum atomic E-state index is -0.375. The van der Waals surface area contributed by atoms with Crippen LogP contribution in [-0.2, 0) is 11.2 Å². The number of esters is 1.